The lowest BCUT2D eigenvalue weighted by atomic mass is 10.2. The van der Waals surface area contributed by atoms with Gasteiger partial charge in [0, 0.05) is 19.3 Å². The quantitative estimate of drug-likeness (QED) is 0.284. The first-order valence-electron chi connectivity index (χ1n) is 7.67. The maximum atomic E-state index is 12.9. The molecule has 0 amide bonds. The lowest BCUT2D eigenvalue weighted by Crippen LogP contribution is -2.37. The van der Waals surface area contributed by atoms with Gasteiger partial charge in [-0.3, -0.25) is 4.99 Å². The number of nitro groups is 1. The summed E-state index contributed by atoms with van der Waals surface area (Å²) in [5.74, 6) is -0.634. The largest absolute Gasteiger partial charge is 0.430 e. The molecule has 0 fully saturated rings. The van der Waals surface area contributed by atoms with Crippen molar-refractivity contribution in [3.8, 4) is 0 Å². The first kappa shape index (κ1) is 17.7. The van der Waals surface area contributed by atoms with Crippen molar-refractivity contribution < 1.29 is 9.31 Å². The van der Waals surface area contributed by atoms with Crippen LogP contribution in [0.2, 0.25) is 5.15 Å². The average molecular weight is 377 g/mol. The van der Waals surface area contributed by atoms with Crippen molar-refractivity contribution in [2.75, 3.05) is 18.5 Å². The van der Waals surface area contributed by atoms with Crippen LogP contribution in [0.15, 0.2) is 52.7 Å². The van der Waals surface area contributed by atoms with Crippen molar-refractivity contribution in [3.63, 3.8) is 0 Å². The monoisotopic (exact) mass is 376 g/mol. The van der Waals surface area contributed by atoms with E-state index in [1.807, 2.05) is 0 Å². The van der Waals surface area contributed by atoms with Gasteiger partial charge in [0.25, 0.3) is 0 Å². The molecule has 1 aromatic carbocycles. The van der Waals surface area contributed by atoms with Gasteiger partial charge in [-0.2, -0.15) is 5.43 Å². The molecule has 0 atom stereocenters. The fourth-order valence-corrected chi connectivity index (χ4v) is 2.50. The van der Waals surface area contributed by atoms with Crippen molar-refractivity contribution >= 4 is 29.0 Å². The van der Waals surface area contributed by atoms with Crippen molar-refractivity contribution in [2.24, 2.45) is 10.1 Å². The number of aromatic nitrogens is 1. The molecule has 0 aliphatic carbocycles. The van der Waals surface area contributed by atoms with Gasteiger partial charge >= 0.3 is 5.84 Å². The highest BCUT2D eigenvalue weighted by Crippen LogP contribution is 2.13. The lowest BCUT2D eigenvalue weighted by Gasteiger charge is -2.18. The summed E-state index contributed by atoms with van der Waals surface area (Å²) in [5.41, 5.74) is 3.84. The van der Waals surface area contributed by atoms with Gasteiger partial charge in [-0.25, -0.2) is 9.37 Å². The number of hydrazone groups is 1. The van der Waals surface area contributed by atoms with Crippen molar-refractivity contribution in [3.05, 3.63) is 69.2 Å². The minimum absolute atomic E-state index is 0.180. The van der Waals surface area contributed by atoms with Gasteiger partial charge in [0.05, 0.1) is 17.3 Å². The van der Waals surface area contributed by atoms with Crippen molar-refractivity contribution in [1.82, 2.24) is 9.88 Å². The van der Waals surface area contributed by atoms with Crippen LogP contribution in [0.3, 0.4) is 0 Å². The highest BCUT2D eigenvalue weighted by molar-refractivity contribution is 6.37. The Morgan fingerprint density at radius 2 is 2.12 bits per heavy atom. The highest BCUT2D eigenvalue weighted by Gasteiger charge is 2.31. The summed E-state index contributed by atoms with van der Waals surface area (Å²) in [6.45, 7) is 1.35. The van der Waals surface area contributed by atoms with Crippen LogP contribution in [0.25, 0.3) is 0 Å². The van der Waals surface area contributed by atoms with Crippen LogP contribution in [0.5, 0.6) is 0 Å². The van der Waals surface area contributed by atoms with Crippen LogP contribution in [-0.4, -0.2) is 39.6 Å². The Morgan fingerprint density at radius 3 is 2.77 bits per heavy atom. The first-order valence-corrected chi connectivity index (χ1v) is 8.04. The zero-order chi connectivity index (χ0) is 18.5. The fourth-order valence-electron chi connectivity index (χ4n) is 2.38. The predicted octanol–water partition coefficient (Wildman–Crippen LogP) is 2.79. The molecule has 8 nitrogen and oxygen atoms in total. The van der Waals surface area contributed by atoms with Gasteiger partial charge in [-0.1, -0.05) is 17.7 Å². The molecule has 3 rings (SSSR count). The smallest absolute Gasteiger partial charge is 0.358 e. The topological polar surface area (TPSA) is 96.0 Å². The van der Waals surface area contributed by atoms with Crippen LogP contribution >= 0.6 is 11.6 Å². The minimum Gasteiger partial charge on any atom is -0.358 e. The number of rotatable bonds is 5. The second kappa shape index (κ2) is 7.87. The number of amidine groups is 2. The number of hydrogen-bond acceptors (Lipinski definition) is 7. The van der Waals surface area contributed by atoms with Crippen molar-refractivity contribution in [2.45, 2.75) is 6.54 Å². The summed E-state index contributed by atoms with van der Waals surface area (Å²) in [6, 6.07) is 8.79. The Labute approximate surface area is 153 Å². The second-order valence-electron chi connectivity index (χ2n) is 5.43. The summed E-state index contributed by atoms with van der Waals surface area (Å²) in [6.07, 6.45) is 1.61. The molecule has 0 saturated carbocycles. The van der Waals surface area contributed by atoms with E-state index < -0.39 is 16.6 Å². The number of benzene rings is 1. The molecule has 1 aliphatic heterocycles. The van der Waals surface area contributed by atoms with Gasteiger partial charge in [0.2, 0.25) is 5.84 Å². The van der Waals surface area contributed by atoms with Gasteiger partial charge in [0.15, 0.2) is 0 Å². The molecule has 1 N–H and O–H groups in total. The number of halogens is 2. The molecule has 10 heteroatoms. The summed E-state index contributed by atoms with van der Waals surface area (Å²) < 4.78 is 12.9. The van der Waals surface area contributed by atoms with Gasteiger partial charge in [-0.15, -0.1) is 0 Å². The molecule has 0 radical (unpaired) electrons. The van der Waals surface area contributed by atoms with Crippen LogP contribution in [-0.2, 0) is 6.54 Å². The Kier molecular flexibility index (Phi) is 5.37. The van der Waals surface area contributed by atoms with Gasteiger partial charge in [-0.05, 0) is 40.8 Å². The Morgan fingerprint density at radius 1 is 1.35 bits per heavy atom. The molecule has 1 aromatic heterocycles. The van der Waals surface area contributed by atoms with E-state index in [1.165, 1.54) is 24.3 Å². The van der Waals surface area contributed by atoms with Gasteiger partial charge in [0.1, 0.15) is 11.0 Å². The third kappa shape index (κ3) is 4.31. The van der Waals surface area contributed by atoms with Crippen LogP contribution < -0.4 is 5.43 Å². The predicted molar refractivity (Wildman–Crippen MR) is 96.4 cm³/mol. The summed E-state index contributed by atoms with van der Waals surface area (Å²) >= 11 is 5.77. The fraction of sp³-hybridized carbons (Fsp3) is 0.188. The molecule has 0 unspecified atom stereocenters. The summed E-state index contributed by atoms with van der Waals surface area (Å²) in [4.78, 5) is 20.8. The van der Waals surface area contributed by atoms with E-state index in [0.717, 1.165) is 5.56 Å². The maximum Gasteiger partial charge on any atom is 0.430 e. The van der Waals surface area contributed by atoms with E-state index in [1.54, 1.807) is 23.2 Å². The van der Waals surface area contributed by atoms with Crippen LogP contribution in [0.4, 0.5) is 10.1 Å². The molecular weight excluding hydrogens is 363 g/mol. The average Bonchev–Trinajstić information content (AvgIpc) is 3.06. The van der Waals surface area contributed by atoms with Gasteiger partial charge < -0.3 is 15.0 Å². The highest BCUT2D eigenvalue weighted by atomic mass is 35.5. The normalized spacial score (nSPS) is 14.3. The number of nitrogens with one attached hydrogen (secondary N) is 1. The minimum atomic E-state index is -0.603. The standard InChI is InChI=1S/C16H14ClFN6O2/c17-14-6-1-11(9-20-14)10-23-8-7-19-15(23)16(24(25)26)22-21-13-4-2-12(18)3-5-13/h1-6,9,21H,7-8,10H2/b22-16-. The van der Waals surface area contributed by atoms with E-state index >= 15 is 0 Å². The van der Waals surface area contributed by atoms with Crippen LogP contribution in [0.1, 0.15) is 5.56 Å². The summed E-state index contributed by atoms with van der Waals surface area (Å²) in [5, 5.41) is 15.7. The zero-order valence-corrected chi connectivity index (χ0v) is 14.2. The molecule has 0 spiro atoms. The van der Waals surface area contributed by atoms with E-state index in [-0.39, 0.29) is 5.84 Å². The SMILES string of the molecule is O=[N+]([O-])/C(=N\Nc1ccc(F)cc1)C1=NCCN1Cc1ccc(Cl)nc1. The van der Waals surface area contributed by atoms with Crippen molar-refractivity contribution in [1.29, 1.82) is 0 Å². The third-order valence-electron chi connectivity index (χ3n) is 3.60. The summed E-state index contributed by atoms with van der Waals surface area (Å²) in [7, 11) is 0. The van der Waals surface area contributed by atoms with E-state index in [2.05, 4.69) is 20.5 Å². The maximum absolute atomic E-state index is 12.9. The van der Waals surface area contributed by atoms with E-state index in [9.17, 15) is 14.5 Å². The Balaban J connectivity index is 1.77. The lowest BCUT2D eigenvalue weighted by molar-refractivity contribution is -0.346. The first-order chi connectivity index (χ1) is 12.5. The molecular formula is C16H14ClFN6O2. The molecule has 134 valence electrons. The molecule has 26 heavy (non-hydrogen) atoms. The number of anilines is 1. The molecule has 1 aliphatic rings. The van der Waals surface area contributed by atoms with E-state index in [0.29, 0.717) is 30.5 Å². The Bertz CT molecular complexity index is 854. The number of hydrogen-bond donors (Lipinski definition) is 1. The van der Waals surface area contributed by atoms with Crippen LogP contribution in [0, 0.1) is 15.9 Å². The number of aliphatic imine (C=N–C) groups is 1. The number of nitrogens with zero attached hydrogens (tertiary/aromatic N) is 5. The second-order valence-corrected chi connectivity index (χ2v) is 5.81. The number of pyridine rings is 1. The molecule has 2 aromatic rings. The Hall–Kier alpha value is -3.07. The zero-order valence-electron chi connectivity index (χ0n) is 13.5. The molecule has 0 saturated heterocycles. The molecule has 0 bridgehead atoms. The molecule has 2 heterocycles. The third-order valence-corrected chi connectivity index (χ3v) is 3.82. The van der Waals surface area contributed by atoms with E-state index in [4.69, 9.17) is 11.6 Å².